The number of amides is 1. The topological polar surface area (TPSA) is 64.4 Å². The van der Waals surface area contributed by atoms with Gasteiger partial charge < -0.3 is 14.5 Å². The number of pyridine rings is 1. The third-order valence-corrected chi connectivity index (χ3v) is 5.27. The molecule has 1 N–H and O–H groups in total. The number of hydrogen-bond donors (Lipinski definition) is 1. The minimum absolute atomic E-state index is 0.256. The fraction of sp³-hybridized carbons (Fsp3) is 0.0833. The van der Waals surface area contributed by atoms with Crippen molar-refractivity contribution < 1.29 is 13.9 Å². The fourth-order valence-corrected chi connectivity index (χ4v) is 3.52. The number of nitrogens with one attached hydrogen (secondary N) is 1. The Bertz CT molecular complexity index is 1230. The molecule has 0 radical (unpaired) electrons. The summed E-state index contributed by atoms with van der Waals surface area (Å²) in [5.41, 5.74) is 4.33. The maximum Gasteiger partial charge on any atom is 0.249 e. The van der Waals surface area contributed by atoms with E-state index in [1.807, 2.05) is 49.4 Å². The molecule has 30 heavy (non-hydrogen) atoms. The van der Waals surface area contributed by atoms with Gasteiger partial charge in [0.1, 0.15) is 17.2 Å². The second kappa shape index (κ2) is 8.55. The van der Waals surface area contributed by atoms with E-state index in [0.29, 0.717) is 11.6 Å². The number of allylic oxidation sites excluding steroid dienone is 1. The maximum absolute atomic E-state index is 12.4. The molecule has 0 fully saturated rings. The van der Waals surface area contributed by atoms with E-state index >= 15 is 0 Å². The minimum atomic E-state index is -0.256. The number of nitrogens with zero attached hydrogens (tertiary/aromatic N) is 1. The Hall–Kier alpha value is -3.38. The van der Waals surface area contributed by atoms with Crippen LogP contribution in [0.3, 0.4) is 0 Å². The molecular weight excluding hydrogens is 444 g/mol. The molecule has 0 aliphatic rings. The Balaban J connectivity index is 1.72. The summed E-state index contributed by atoms with van der Waals surface area (Å²) in [6, 6.07) is 17.2. The monoisotopic (exact) mass is 462 g/mol. The Labute approximate surface area is 182 Å². The molecule has 2 aromatic heterocycles. The molecule has 4 rings (SSSR count). The number of halogens is 1. The number of carbonyl (C=O) groups is 1. The maximum atomic E-state index is 12.4. The molecule has 6 heteroatoms. The lowest BCUT2D eigenvalue weighted by Crippen LogP contribution is -2.09. The molecular formula is C24H19BrN2O3. The minimum Gasteiger partial charge on any atom is -0.496 e. The molecule has 0 unspecified atom stereocenters. The van der Waals surface area contributed by atoms with Crippen LogP contribution >= 0.6 is 15.9 Å². The van der Waals surface area contributed by atoms with Gasteiger partial charge in [-0.05, 0) is 48.4 Å². The van der Waals surface area contributed by atoms with Crippen LogP contribution in [0.5, 0.6) is 5.75 Å². The largest absolute Gasteiger partial charge is 0.496 e. The number of carbonyl (C=O) groups excluding carboxylic acids is 1. The molecule has 0 aliphatic heterocycles. The SMILES string of the molecule is COc1cc2occ(-c3ccc(Br)cc3)c2cc1/C(C)=C/C(=O)Nc1ccccn1. The molecule has 2 aromatic carbocycles. The Kier molecular flexibility index (Phi) is 5.68. The predicted molar refractivity (Wildman–Crippen MR) is 122 cm³/mol. The molecule has 150 valence electrons. The van der Waals surface area contributed by atoms with Gasteiger partial charge in [0, 0.05) is 39.3 Å². The van der Waals surface area contributed by atoms with Crippen LogP contribution in [0.15, 0.2) is 82.0 Å². The summed E-state index contributed by atoms with van der Waals surface area (Å²) in [5.74, 6) is 0.883. The first kappa shape index (κ1) is 19.9. The molecule has 4 aromatic rings. The van der Waals surface area contributed by atoms with E-state index in [-0.39, 0.29) is 5.91 Å². The van der Waals surface area contributed by atoms with Crippen LogP contribution in [0.25, 0.3) is 27.7 Å². The normalized spacial score (nSPS) is 11.5. The average molecular weight is 463 g/mol. The summed E-state index contributed by atoms with van der Waals surface area (Å²) in [6.07, 6.45) is 4.91. The molecule has 0 atom stereocenters. The van der Waals surface area contributed by atoms with E-state index in [0.717, 1.165) is 37.7 Å². The van der Waals surface area contributed by atoms with Gasteiger partial charge in [0.25, 0.3) is 0 Å². The summed E-state index contributed by atoms with van der Waals surface area (Å²) < 4.78 is 12.3. The van der Waals surface area contributed by atoms with Gasteiger partial charge in [0.05, 0.1) is 13.4 Å². The lowest BCUT2D eigenvalue weighted by Gasteiger charge is -2.10. The van der Waals surface area contributed by atoms with Crippen molar-refractivity contribution in [3.8, 4) is 16.9 Å². The van der Waals surface area contributed by atoms with Crippen LogP contribution in [0.1, 0.15) is 12.5 Å². The quantitative estimate of drug-likeness (QED) is 0.353. The van der Waals surface area contributed by atoms with E-state index in [4.69, 9.17) is 9.15 Å². The number of aromatic nitrogens is 1. The van der Waals surface area contributed by atoms with Crippen molar-refractivity contribution in [2.75, 3.05) is 12.4 Å². The van der Waals surface area contributed by atoms with Crippen molar-refractivity contribution >= 4 is 44.2 Å². The van der Waals surface area contributed by atoms with E-state index in [9.17, 15) is 4.79 Å². The van der Waals surface area contributed by atoms with Crippen molar-refractivity contribution in [1.82, 2.24) is 4.98 Å². The van der Waals surface area contributed by atoms with Crippen molar-refractivity contribution in [2.45, 2.75) is 6.92 Å². The van der Waals surface area contributed by atoms with Gasteiger partial charge in [-0.3, -0.25) is 4.79 Å². The van der Waals surface area contributed by atoms with Gasteiger partial charge in [0.2, 0.25) is 5.91 Å². The highest BCUT2D eigenvalue weighted by atomic mass is 79.9. The van der Waals surface area contributed by atoms with Crippen LogP contribution in [0, 0.1) is 0 Å². The Morgan fingerprint density at radius 2 is 1.97 bits per heavy atom. The second-order valence-electron chi connectivity index (χ2n) is 6.74. The van der Waals surface area contributed by atoms with Gasteiger partial charge in [-0.1, -0.05) is 34.1 Å². The van der Waals surface area contributed by atoms with Crippen LogP contribution in [0.2, 0.25) is 0 Å². The molecule has 0 bridgehead atoms. The van der Waals surface area contributed by atoms with Gasteiger partial charge in [0.15, 0.2) is 0 Å². The van der Waals surface area contributed by atoms with Crippen molar-refractivity contribution in [1.29, 1.82) is 0 Å². The highest BCUT2D eigenvalue weighted by molar-refractivity contribution is 9.10. The molecule has 0 saturated heterocycles. The zero-order chi connectivity index (χ0) is 21.1. The summed E-state index contributed by atoms with van der Waals surface area (Å²) in [4.78, 5) is 16.6. The standard InChI is InChI=1S/C24H19BrN2O3/c1-15(11-24(28)27-23-5-3-4-10-26-23)18-12-19-20(16-6-8-17(25)9-7-16)14-30-22(19)13-21(18)29-2/h3-14H,1-2H3,(H,26,27,28)/b15-11+. The first-order valence-electron chi connectivity index (χ1n) is 9.31. The van der Waals surface area contributed by atoms with E-state index in [1.165, 1.54) is 6.08 Å². The number of benzene rings is 2. The molecule has 5 nitrogen and oxygen atoms in total. The lowest BCUT2D eigenvalue weighted by molar-refractivity contribution is -0.111. The first-order chi connectivity index (χ1) is 14.5. The van der Waals surface area contributed by atoms with Gasteiger partial charge in [-0.25, -0.2) is 4.98 Å². The van der Waals surface area contributed by atoms with Crippen LogP contribution < -0.4 is 10.1 Å². The average Bonchev–Trinajstić information content (AvgIpc) is 3.16. The molecule has 2 heterocycles. The molecule has 1 amide bonds. The molecule has 0 spiro atoms. The van der Waals surface area contributed by atoms with E-state index in [1.54, 1.807) is 31.7 Å². The predicted octanol–water partition coefficient (Wildman–Crippen LogP) is 6.31. The number of anilines is 1. The van der Waals surface area contributed by atoms with E-state index < -0.39 is 0 Å². The number of fused-ring (bicyclic) bond motifs is 1. The number of methoxy groups -OCH3 is 1. The summed E-state index contributed by atoms with van der Waals surface area (Å²) in [5, 5.41) is 3.71. The number of ether oxygens (including phenoxy) is 1. The number of rotatable bonds is 5. The third kappa shape index (κ3) is 4.14. The van der Waals surface area contributed by atoms with Gasteiger partial charge >= 0.3 is 0 Å². The van der Waals surface area contributed by atoms with Crippen LogP contribution in [-0.2, 0) is 4.79 Å². The Morgan fingerprint density at radius 1 is 1.17 bits per heavy atom. The Morgan fingerprint density at radius 3 is 2.67 bits per heavy atom. The molecule has 0 aliphatic carbocycles. The summed E-state index contributed by atoms with van der Waals surface area (Å²) >= 11 is 3.46. The van der Waals surface area contributed by atoms with Crippen molar-refractivity contribution in [2.24, 2.45) is 0 Å². The summed E-state index contributed by atoms with van der Waals surface area (Å²) in [7, 11) is 1.60. The fourth-order valence-electron chi connectivity index (χ4n) is 3.26. The van der Waals surface area contributed by atoms with Crippen molar-refractivity contribution in [3.05, 3.63) is 83.2 Å². The zero-order valence-corrected chi connectivity index (χ0v) is 18.1. The third-order valence-electron chi connectivity index (χ3n) is 4.74. The van der Waals surface area contributed by atoms with Crippen LogP contribution in [-0.4, -0.2) is 18.0 Å². The lowest BCUT2D eigenvalue weighted by atomic mass is 9.99. The van der Waals surface area contributed by atoms with E-state index in [2.05, 4.69) is 26.2 Å². The number of furan rings is 1. The highest BCUT2D eigenvalue weighted by Gasteiger charge is 2.15. The number of hydrogen-bond acceptors (Lipinski definition) is 4. The summed E-state index contributed by atoms with van der Waals surface area (Å²) in [6.45, 7) is 1.88. The van der Waals surface area contributed by atoms with Gasteiger partial charge in [-0.15, -0.1) is 0 Å². The smallest absolute Gasteiger partial charge is 0.249 e. The zero-order valence-electron chi connectivity index (χ0n) is 16.5. The van der Waals surface area contributed by atoms with Crippen molar-refractivity contribution in [3.63, 3.8) is 0 Å². The highest BCUT2D eigenvalue weighted by Crippen LogP contribution is 2.37. The first-order valence-corrected chi connectivity index (χ1v) is 10.1. The second-order valence-corrected chi connectivity index (χ2v) is 7.65. The molecule has 0 saturated carbocycles. The van der Waals surface area contributed by atoms with Crippen LogP contribution in [0.4, 0.5) is 5.82 Å². The van der Waals surface area contributed by atoms with Gasteiger partial charge in [-0.2, -0.15) is 0 Å².